The van der Waals surface area contributed by atoms with E-state index in [2.05, 4.69) is 38.5 Å². The lowest BCUT2D eigenvalue weighted by Gasteiger charge is -2.08. The van der Waals surface area contributed by atoms with E-state index >= 15 is 0 Å². The molecule has 0 aliphatic rings. The number of hydrogen-bond acceptors (Lipinski definition) is 1. The largest absolute Gasteiger partial charge is 0.204 e. The molecule has 1 aromatic heterocycles. The van der Waals surface area contributed by atoms with Crippen LogP contribution < -0.4 is 0 Å². The fourth-order valence-electron chi connectivity index (χ4n) is 1.32. The van der Waals surface area contributed by atoms with Crippen molar-refractivity contribution in [3.8, 4) is 0 Å². The fourth-order valence-corrected chi connectivity index (χ4v) is 3.44. The van der Waals surface area contributed by atoms with Gasteiger partial charge in [0.15, 0.2) is 11.6 Å². The second-order valence-electron chi connectivity index (χ2n) is 3.22. The van der Waals surface area contributed by atoms with E-state index in [1.54, 1.807) is 17.4 Å². The minimum atomic E-state index is -0.816. The van der Waals surface area contributed by atoms with Crippen LogP contribution in [0.5, 0.6) is 0 Å². The Morgan fingerprint density at radius 3 is 2.44 bits per heavy atom. The molecule has 0 nitrogen and oxygen atoms in total. The number of rotatable bonds is 2. The maximum absolute atomic E-state index is 13.1. The molecule has 5 heteroatoms. The lowest BCUT2D eigenvalue weighted by molar-refractivity contribution is 0.507. The Morgan fingerprint density at radius 1 is 1.12 bits per heavy atom. The summed E-state index contributed by atoms with van der Waals surface area (Å²) in [5.41, 5.74) is 1.77. The second kappa shape index (κ2) is 5.10. The van der Waals surface area contributed by atoms with Gasteiger partial charge in [0, 0.05) is 0 Å². The van der Waals surface area contributed by atoms with E-state index in [1.165, 1.54) is 8.95 Å². The third-order valence-electron chi connectivity index (χ3n) is 2.12. The third-order valence-corrected chi connectivity index (χ3v) is 4.98. The van der Waals surface area contributed by atoms with Crippen LogP contribution in [-0.4, -0.2) is 0 Å². The van der Waals surface area contributed by atoms with Crippen molar-refractivity contribution in [1.29, 1.82) is 0 Å². The summed E-state index contributed by atoms with van der Waals surface area (Å²) in [6.07, 6.45) is 0. The van der Waals surface area contributed by atoms with Crippen molar-refractivity contribution in [2.24, 2.45) is 0 Å². The summed E-state index contributed by atoms with van der Waals surface area (Å²) in [7, 11) is 0. The lowest BCUT2D eigenvalue weighted by Crippen LogP contribution is -1.93. The summed E-state index contributed by atoms with van der Waals surface area (Å²) >= 11 is 7.33. The summed E-state index contributed by atoms with van der Waals surface area (Å²) in [5.74, 6) is -1.63. The van der Waals surface area contributed by atoms with Crippen LogP contribution in [0.3, 0.4) is 0 Å². The van der Waals surface area contributed by atoms with Gasteiger partial charge in [-0.25, -0.2) is 8.78 Å². The van der Waals surface area contributed by atoms with Gasteiger partial charge in [0.05, 0.1) is 7.71 Å². The first-order valence-corrected chi connectivity index (χ1v) is 7.28. The molecule has 0 amide bonds. The van der Waals surface area contributed by atoms with Gasteiger partial charge in [0.1, 0.15) is 0 Å². The first-order valence-electron chi connectivity index (χ1n) is 4.41. The SMILES string of the molecule is Fc1ccc(C(Br)c2csc(I)c2)cc1F. The number of thiophene rings is 1. The van der Waals surface area contributed by atoms with E-state index in [0.717, 1.165) is 11.6 Å². The van der Waals surface area contributed by atoms with Crippen LogP contribution in [-0.2, 0) is 0 Å². The predicted molar refractivity (Wildman–Crippen MR) is 74.2 cm³/mol. The average molecular weight is 415 g/mol. The molecule has 0 fully saturated rings. The molecule has 0 aliphatic carbocycles. The second-order valence-corrected chi connectivity index (χ2v) is 6.94. The molecule has 0 radical (unpaired) electrons. The Kier molecular flexibility index (Phi) is 3.97. The number of halogens is 4. The lowest BCUT2D eigenvalue weighted by atomic mass is 10.1. The Labute approximate surface area is 118 Å². The predicted octanol–water partition coefficient (Wildman–Crippen LogP) is 5.12. The first kappa shape index (κ1) is 12.4. The van der Waals surface area contributed by atoms with Crippen LogP contribution in [0.15, 0.2) is 29.6 Å². The Balaban J connectivity index is 2.33. The zero-order valence-corrected chi connectivity index (χ0v) is 12.4. The molecule has 2 aromatic rings. The van der Waals surface area contributed by atoms with Crippen LogP contribution in [0.1, 0.15) is 16.0 Å². The molecule has 1 heterocycles. The summed E-state index contributed by atoms with van der Waals surface area (Å²) < 4.78 is 27.0. The summed E-state index contributed by atoms with van der Waals surface area (Å²) in [6, 6.07) is 5.98. The molecule has 1 atom stereocenters. The molecule has 0 N–H and O–H groups in total. The Hall–Kier alpha value is -0.0100. The first-order chi connectivity index (χ1) is 7.58. The van der Waals surface area contributed by atoms with Crippen molar-refractivity contribution in [2.45, 2.75) is 4.83 Å². The molecule has 1 unspecified atom stereocenters. The fraction of sp³-hybridized carbons (Fsp3) is 0.0909. The smallest absolute Gasteiger partial charge is 0.159 e. The minimum absolute atomic E-state index is 0.0950. The van der Waals surface area contributed by atoms with Gasteiger partial charge in [0.2, 0.25) is 0 Å². The molecule has 1 aromatic carbocycles. The van der Waals surface area contributed by atoms with Gasteiger partial charge in [-0.1, -0.05) is 22.0 Å². The van der Waals surface area contributed by atoms with Crippen molar-refractivity contribution in [2.75, 3.05) is 0 Å². The average Bonchev–Trinajstić information content (AvgIpc) is 2.68. The highest BCUT2D eigenvalue weighted by atomic mass is 127. The molecule has 0 aliphatic heterocycles. The summed E-state index contributed by atoms with van der Waals surface area (Å²) in [6.45, 7) is 0. The van der Waals surface area contributed by atoms with Gasteiger partial charge < -0.3 is 0 Å². The van der Waals surface area contributed by atoms with Crippen molar-refractivity contribution in [1.82, 2.24) is 0 Å². The van der Waals surface area contributed by atoms with E-state index in [4.69, 9.17) is 0 Å². The topological polar surface area (TPSA) is 0 Å². The summed E-state index contributed by atoms with van der Waals surface area (Å²) in [4.78, 5) is -0.0950. The van der Waals surface area contributed by atoms with Crippen LogP contribution >= 0.6 is 49.9 Å². The van der Waals surface area contributed by atoms with Crippen LogP contribution in [0.2, 0.25) is 0 Å². The molecular formula is C11H6BrF2IS. The molecule has 0 spiro atoms. The maximum Gasteiger partial charge on any atom is 0.159 e. The van der Waals surface area contributed by atoms with Gasteiger partial charge in [0.25, 0.3) is 0 Å². The minimum Gasteiger partial charge on any atom is -0.204 e. The van der Waals surface area contributed by atoms with Crippen molar-refractivity contribution >= 4 is 49.9 Å². The molecule has 16 heavy (non-hydrogen) atoms. The maximum atomic E-state index is 13.1. The highest BCUT2D eigenvalue weighted by Gasteiger charge is 2.14. The quantitative estimate of drug-likeness (QED) is 0.472. The standard InChI is InChI=1S/C11H6BrF2IS/c12-11(7-4-10(15)16-5-7)6-1-2-8(13)9(14)3-6/h1-5,11H. The highest BCUT2D eigenvalue weighted by Crippen LogP contribution is 2.34. The van der Waals surface area contributed by atoms with Crippen molar-refractivity contribution in [3.63, 3.8) is 0 Å². The van der Waals surface area contributed by atoms with E-state index in [-0.39, 0.29) is 4.83 Å². The van der Waals surface area contributed by atoms with Crippen LogP contribution in [0.4, 0.5) is 8.78 Å². The third kappa shape index (κ3) is 2.62. The van der Waals surface area contributed by atoms with Gasteiger partial charge in [-0.15, -0.1) is 11.3 Å². The highest BCUT2D eigenvalue weighted by molar-refractivity contribution is 14.1. The Morgan fingerprint density at radius 2 is 1.88 bits per heavy atom. The zero-order chi connectivity index (χ0) is 11.7. The number of alkyl halides is 1. The molecule has 0 saturated heterocycles. The molecule has 2 rings (SSSR count). The van der Waals surface area contributed by atoms with Crippen LogP contribution in [0.25, 0.3) is 0 Å². The van der Waals surface area contributed by atoms with E-state index < -0.39 is 11.6 Å². The van der Waals surface area contributed by atoms with Crippen molar-refractivity contribution < 1.29 is 8.78 Å². The van der Waals surface area contributed by atoms with Gasteiger partial charge in [-0.3, -0.25) is 0 Å². The molecule has 0 saturated carbocycles. The van der Waals surface area contributed by atoms with Crippen molar-refractivity contribution in [3.05, 3.63) is 55.3 Å². The Bertz CT molecular complexity index is 512. The van der Waals surface area contributed by atoms with E-state index in [1.807, 2.05) is 11.4 Å². The van der Waals surface area contributed by atoms with E-state index in [9.17, 15) is 8.78 Å². The van der Waals surface area contributed by atoms with Gasteiger partial charge >= 0.3 is 0 Å². The van der Waals surface area contributed by atoms with Gasteiger partial charge in [-0.05, 0) is 57.3 Å². The number of benzene rings is 1. The molecule has 84 valence electrons. The summed E-state index contributed by atoms with van der Waals surface area (Å²) in [5, 5.41) is 2.00. The number of hydrogen-bond donors (Lipinski definition) is 0. The molecule has 0 bridgehead atoms. The van der Waals surface area contributed by atoms with E-state index in [0.29, 0.717) is 5.56 Å². The normalized spacial score (nSPS) is 12.8. The monoisotopic (exact) mass is 414 g/mol. The zero-order valence-electron chi connectivity index (χ0n) is 7.88. The van der Waals surface area contributed by atoms with Crippen LogP contribution in [0, 0.1) is 14.5 Å². The van der Waals surface area contributed by atoms with Gasteiger partial charge in [-0.2, -0.15) is 0 Å². The molecular weight excluding hydrogens is 409 g/mol.